The average Bonchev–Trinajstić information content (AvgIpc) is 2.74. The van der Waals surface area contributed by atoms with Gasteiger partial charge in [0.1, 0.15) is 11.8 Å². The third-order valence-corrected chi connectivity index (χ3v) is 5.16. The normalized spacial score (nSPS) is 11.8. The fourth-order valence-electron chi connectivity index (χ4n) is 3.03. The van der Waals surface area contributed by atoms with Gasteiger partial charge >= 0.3 is 0 Å². The van der Waals surface area contributed by atoms with Crippen LogP contribution in [0.1, 0.15) is 55.1 Å². The number of aryl methyl sites for hydroxylation is 1. The molecule has 0 aliphatic rings. The van der Waals surface area contributed by atoms with Gasteiger partial charge in [0, 0.05) is 0 Å². The van der Waals surface area contributed by atoms with Crippen LogP contribution in [-0.4, -0.2) is 30.4 Å². The van der Waals surface area contributed by atoms with Crippen molar-refractivity contribution in [1.29, 1.82) is 0 Å². The van der Waals surface area contributed by atoms with Gasteiger partial charge in [-0.3, -0.25) is 25.2 Å². The van der Waals surface area contributed by atoms with Crippen molar-refractivity contribution in [2.24, 2.45) is 5.92 Å². The predicted molar refractivity (Wildman–Crippen MR) is 125 cm³/mol. The second-order valence-electron chi connectivity index (χ2n) is 8.20. The molecule has 0 aliphatic carbocycles. The van der Waals surface area contributed by atoms with Gasteiger partial charge in [-0.2, -0.15) is 0 Å². The van der Waals surface area contributed by atoms with Crippen molar-refractivity contribution in [2.75, 3.05) is 6.61 Å². The van der Waals surface area contributed by atoms with Crippen molar-refractivity contribution in [2.45, 2.75) is 46.6 Å². The molecule has 0 fully saturated rings. The third kappa shape index (κ3) is 6.99. The molecule has 0 saturated heterocycles. The zero-order valence-corrected chi connectivity index (χ0v) is 19.7. The Kier molecular flexibility index (Phi) is 9.08. The fourth-order valence-corrected chi connectivity index (χ4v) is 3.25. The van der Waals surface area contributed by atoms with Crippen molar-refractivity contribution < 1.29 is 19.1 Å². The van der Waals surface area contributed by atoms with Crippen LogP contribution >= 0.6 is 11.6 Å². The number of nitrogens with one attached hydrogen (secondary N) is 3. The van der Waals surface area contributed by atoms with Crippen molar-refractivity contribution in [3.05, 3.63) is 64.2 Å². The summed E-state index contributed by atoms with van der Waals surface area (Å²) >= 11 is 6.06. The standard InChI is InChI=1S/C24H30ClN3O4/c1-14(2)17-11-10-16(5)12-20(17)32-13-21(29)27-28-24(31)22(15(3)4)26-23(30)18-8-6-7-9-19(18)25/h6-12,14-15,22H,13H2,1-5H3,(H,26,30)(H,27,29)(H,28,31)/t22-/m0/s1. The Labute approximate surface area is 193 Å². The molecule has 0 spiro atoms. The van der Waals surface area contributed by atoms with Gasteiger partial charge in [-0.05, 0) is 48.1 Å². The van der Waals surface area contributed by atoms with Crippen LogP contribution in [0.4, 0.5) is 0 Å². The van der Waals surface area contributed by atoms with Gasteiger partial charge in [0.15, 0.2) is 6.61 Å². The van der Waals surface area contributed by atoms with E-state index in [4.69, 9.17) is 16.3 Å². The molecule has 2 aromatic rings. The number of amides is 3. The molecule has 2 rings (SSSR count). The van der Waals surface area contributed by atoms with Gasteiger partial charge in [-0.15, -0.1) is 0 Å². The lowest BCUT2D eigenvalue weighted by molar-refractivity contribution is -0.131. The molecule has 1 atom stereocenters. The molecule has 8 heteroatoms. The summed E-state index contributed by atoms with van der Waals surface area (Å²) in [5.74, 6) is -0.896. The minimum Gasteiger partial charge on any atom is -0.483 e. The summed E-state index contributed by atoms with van der Waals surface area (Å²) in [6, 6.07) is 11.5. The Morgan fingerprint density at radius 3 is 2.31 bits per heavy atom. The van der Waals surface area contributed by atoms with E-state index in [9.17, 15) is 14.4 Å². The molecular weight excluding hydrogens is 430 g/mol. The van der Waals surface area contributed by atoms with Crippen molar-refractivity contribution in [3.8, 4) is 5.75 Å². The fraction of sp³-hybridized carbons (Fsp3) is 0.375. The zero-order chi connectivity index (χ0) is 23.8. The maximum atomic E-state index is 12.6. The Bertz CT molecular complexity index is 975. The minimum atomic E-state index is -0.871. The van der Waals surface area contributed by atoms with E-state index in [0.29, 0.717) is 5.75 Å². The highest BCUT2D eigenvalue weighted by Gasteiger charge is 2.25. The van der Waals surface area contributed by atoms with Crippen LogP contribution < -0.4 is 20.9 Å². The monoisotopic (exact) mass is 459 g/mol. The summed E-state index contributed by atoms with van der Waals surface area (Å²) < 4.78 is 5.67. The number of hydrogen-bond acceptors (Lipinski definition) is 4. The maximum Gasteiger partial charge on any atom is 0.276 e. The highest BCUT2D eigenvalue weighted by molar-refractivity contribution is 6.33. The van der Waals surface area contributed by atoms with Gasteiger partial charge in [0.25, 0.3) is 17.7 Å². The van der Waals surface area contributed by atoms with Crippen LogP contribution in [0.2, 0.25) is 5.02 Å². The lowest BCUT2D eigenvalue weighted by Gasteiger charge is -2.22. The molecule has 0 saturated carbocycles. The summed E-state index contributed by atoms with van der Waals surface area (Å²) in [7, 11) is 0. The first-order valence-corrected chi connectivity index (χ1v) is 10.8. The number of rotatable bonds is 8. The first-order chi connectivity index (χ1) is 15.1. The second-order valence-corrected chi connectivity index (χ2v) is 8.60. The average molecular weight is 460 g/mol. The molecular formula is C24H30ClN3O4. The SMILES string of the molecule is Cc1ccc(C(C)C)c(OCC(=O)NNC(=O)[C@@H](NC(=O)c2ccccc2Cl)C(C)C)c1. The highest BCUT2D eigenvalue weighted by atomic mass is 35.5. The summed E-state index contributed by atoms with van der Waals surface area (Å²) in [5, 5.41) is 2.95. The molecule has 3 N–H and O–H groups in total. The molecule has 3 amide bonds. The van der Waals surface area contributed by atoms with E-state index in [1.807, 2.05) is 39.0 Å². The number of benzene rings is 2. The highest BCUT2D eigenvalue weighted by Crippen LogP contribution is 2.27. The van der Waals surface area contributed by atoms with Crippen molar-refractivity contribution >= 4 is 29.3 Å². The maximum absolute atomic E-state index is 12.6. The van der Waals surface area contributed by atoms with Crippen molar-refractivity contribution in [1.82, 2.24) is 16.2 Å². The zero-order valence-electron chi connectivity index (χ0n) is 19.0. The number of hydrazine groups is 1. The van der Waals surface area contributed by atoms with Crippen LogP contribution in [0.3, 0.4) is 0 Å². The summed E-state index contributed by atoms with van der Waals surface area (Å²) in [6.45, 7) is 9.34. The van der Waals surface area contributed by atoms with E-state index in [1.54, 1.807) is 38.1 Å². The molecule has 0 aliphatic heterocycles. The quantitative estimate of drug-likeness (QED) is 0.524. The lowest BCUT2D eigenvalue weighted by atomic mass is 10.0. The molecule has 0 bridgehead atoms. The van der Waals surface area contributed by atoms with Crippen LogP contribution in [0.5, 0.6) is 5.75 Å². The van der Waals surface area contributed by atoms with E-state index < -0.39 is 23.8 Å². The second kappa shape index (κ2) is 11.5. The topological polar surface area (TPSA) is 96.5 Å². The molecule has 0 unspecified atom stereocenters. The molecule has 0 radical (unpaired) electrons. The van der Waals surface area contributed by atoms with Crippen LogP contribution in [0.25, 0.3) is 0 Å². The predicted octanol–water partition coefficient (Wildman–Crippen LogP) is 3.75. The Hall–Kier alpha value is -3.06. The minimum absolute atomic E-state index is 0.226. The Morgan fingerprint density at radius 1 is 1.00 bits per heavy atom. The van der Waals surface area contributed by atoms with E-state index in [2.05, 4.69) is 16.2 Å². The van der Waals surface area contributed by atoms with Crippen molar-refractivity contribution in [3.63, 3.8) is 0 Å². The summed E-state index contributed by atoms with van der Waals surface area (Å²) in [5.41, 5.74) is 6.97. The van der Waals surface area contributed by atoms with Gasteiger partial charge in [-0.1, -0.05) is 63.6 Å². The largest absolute Gasteiger partial charge is 0.483 e. The first kappa shape index (κ1) is 25.2. The van der Waals surface area contributed by atoms with E-state index >= 15 is 0 Å². The van der Waals surface area contributed by atoms with Crippen LogP contribution in [0.15, 0.2) is 42.5 Å². The van der Waals surface area contributed by atoms with Crippen LogP contribution in [-0.2, 0) is 9.59 Å². The van der Waals surface area contributed by atoms with Gasteiger partial charge in [-0.25, -0.2) is 0 Å². The smallest absolute Gasteiger partial charge is 0.276 e. The van der Waals surface area contributed by atoms with Crippen LogP contribution in [0, 0.1) is 12.8 Å². The van der Waals surface area contributed by atoms with Gasteiger partial charge in [0.2, 0.25) is 0 Å². The summed E-state index contributed by atoms with van der Waals surface area (Å²) in [6.07, 6.45) is 0. The molecule has 2 aromatic carbocycles. The van der Waals surface area contributed by atoms with Gasteiger partial charge in [0.05, 0.1) is 10.6 Å². The molecule has 32 heavy (non-hydrogen) atoms. The first-order valence-electron chi connectivity index (χ1n) is 10.5. The lowest BCUT2D eigenvalue weighted by Crippen LogP contribution is -2.55. The van der Waals surface area contributed by atoms with E-state index in [-0.39, 0.29) is 29.0 Å². The number of ether oxygens (including phenoxy) is 1. The number of carbonyl (C=O) groups excluding carboxylic acids is 3. The number of carbonyl (C=O) groups is 3. The Balaban J connectivity index is 1.93. The summed E-state index contributed by atoms with van der Waals surface area (Å²) in [4.78, 5) is 37.3. The number of hydrogen-bond donors (Lipinski definition) is 3. The van der Waals surface area contributed by atoms with E-state index in [1.165, 1.54) is 0 Å². The molecule has 7 nitrogen and oxygen atoms in total. The van der Waals surface area contributed by atoms with E-state index in [0.717, 1.165) is 11.1 Å². The number of halogens is 1. The molecule has 0 heterocycles. The Morgan fingerprint density at radius 2 is 1.69 bits per heavy atom. The molecule has 172 valence electrons. The van der Waals surface area contributed by atoms with Gasteiger partial charge < -0.3 is 10.1 Å². The third-order valence-electron chi connectivity index (χ3n) is 4.83. The molecule has 0 aromatic heterocycles.